The molecule has 0 radical (unpaired) electrons. The zero-order valence-corrected chi connectivity index (χ0v) is 10.9. The number of hydrogen-bond acceptors (Lipinski definition) is 4. The predicted octanol–water partition coefficient (Wildman–Crippen LogP) is 2.43. The topological polar surface area (TPSA) is 32.3 Å². The lowest BCUT2D eigenvalue weighted by Gasteiger charge is -2.23. The molecule has 0 spiro atoms. The molecule has 0 aliphatic carbocycles. The molecule has 1 aliphatic rings. The van der Waals surface area contributed by atoms with Gasteiger partial charge in [0.1, 0.15) is 6.17 Å². The van der Waals surface area contributed by atoms with Crippen molar-refractivity contribution >= 4 is 29.0 Å². The number of carbonyl (C=O) groups is 1. The van der Waals surface area contributed by atoms with Crippen LogP contribution in [-0.4, -0.2) is 35.2 Å². The summed E-state index contributed by atoms with van der Waals surface area (Å²) in [7, 11) is 0. The van der Waals surface area contributed by atoms with Gasteiger partial charge in [0.2, 0.25) is 5.91 Å². The second-order valence-electron chi connectivity index (χ2n) is 3.68. The number of halogens is 3. The summed E-state index contributed by atoms with van der Waals surface area (Å²) >= 11 is 1.38. The van der Waals surface area contributed by atoms with Gasteiger partial charge in [-0.15, -0.1) is 11.3 Å². The van der Waals surface area contributed by atoms with Crippen LogP contribution in [0.25, 0.3) is 0 Å². The molecule has 8 heteroatoms. The van der Waals surface area contributed by atoms with Crippen molar-refractivity contribution in [2.45, 2.75) is 11.7 Å². The minimum Gasteiger partial charge on any atom is -0.320 e. The maximum atomic E-state index is 12.0. The van der Waals surface area contributed by atoms with Crippen LogP contribution < -0.4 is 5.32 Å². The van der Waals surface area contributed by atoms with Gasteiger partial charge in [0.05, 0.1) is 6.54 Å². The van der Waals surface area contributed by atoms with Gasteiger partial charge in [-0.05, 0) is 23.2 Å². The SMILES string of the molecule is O=C1CNC(c2cccs2)N1CCSC(F)(F)F. The lowest BCUT2D eigenvalue weighted by atomic mass is 10.3. The molecular weight excluding hydrogens is 285 g/mol. The smallest absolute Gasteiger partial charge is 0.320 e. The Balaban J connectivity index is 1.94. The number of hydrogen-bond donors (Lipinski definition) is 1. The van der Waals surface area contributed by atoms with Crippen LogP contribution in [0.3, 0.4) is 0 Å². The van der Waals surface area contributed by atoms with Crippen molar-refractivity contribution in [3.63, 3.8) is 0 Å². The highest BCUT2D eigenvalue weighted by atomic mass is 32.2. The van der Waals surface area contributed by atoms with E-state index in [0.717, 1.165) is 4.88 Å². The maximum Gasteiger partial charge on any atom is 0.441 e. The lowest BCUT2D eigenvalue weighted by Crippen LogP contribution is -2.32. The summed E-state index contributed by atoms with van der Waals surface area (Å²) in [6, 6.07) is 3.72. The first kappa shape index (κ1) is 13.7. The van der Waals surface area contributed by atoms with Gasteiger partial charge in [-0.25, -0.2) is 0 Å². The minimum atomic E-state index is -4.24. The standard InChI is InChI=1S/C10H11F3N2OS2/c11-10(12,13)18-5-3-15-8(16)6-14-9(15)7-2-1-4-17-7/h1-2,4,9,14H,3,5-6H2. The van der Waals surface area contributed by atoms with E-state index < -0.39 is 5.51 Å². The van der Waals surface area contributed by atoms with Gasteiger partial charge >= 0.3 is 5.51 Å². The zero-order valence-electron chi connectivity index (χ0n) is 9.24. The minimum absolute atomic E-state index is 0.0958. The third-order valence-electron chi connectivity index (χ3n) is 2.49. The molecule has 1 fully saturated rings. The summed E-state index contributed by atoms with van der Waals surface area (Å²) in [5, 5.41) is 4.88. The second kappa shape index (κ2) is 5.50. The summed E-state index contributed by atoms with van der Waals surface area (Å²) < 4.78 is 36.1. The third-order valence-corrected chi connectivity index (χ3v) is 4.13. The average molecular weight is 296 g/mol. The molecule has 1 saturated heterocycles. The van der Waals surface area contributed by atoms with E-state index >= 15 is 0 Å². The Labute approximate surface area is 110 Å². The Morgan fingerprint density at radius 3 is 2.94 bits per heavy atom. The summed E-state index contributed by atoms with van der Waals surface area (Å²) in [4.78, 5) is 14.0. The van der Waals surface area contributed by atoms with Gasteiger partial charge in [-0.3, -0.25) is 10.1 Å². The summed E-state index contributed by atoms with van der Waals surface area (Å²) in [6.07, 6.45) is -0.286. The Morgan fingerprint density at radius 1 is 1.56 bits per heavy atom. The molecule has 1 amide bonds. The Bertz CT molecular complexity index is 408. The van der Waals surface area contributed by atoms with Gasteiger partial charge in [-0.2, -0.15) is 13.2 Å². The maximum absolute atomic E-state index is 12.0. The van der Waals surface area contributed by atoms with E-state index in [9.17, 15) is 18.0 Å². The molecule has 18 heavy (non-hydrogen) atoms. The molecule has 0 bridgehead atoms. The molecule has 2 rings (SSSR count). The number of carbonyl (C=O) groups excluding carboxylic acids is 1. The highest BCUT2D eigenvalue weighted by molar-refractivity contribution is 8.00. The molecule has 1 N–H and O–H groups in total. The molecule has 2 heterocycles. The van der Waals surface area contributed by atoms with Gasteiger partial charge < -0.3 is 4.90 Å². The van der Waals surface area contributed by atoms with E-state index in [-0.39, 0.29) is 42.7 Å². The quantitative estimate of drug-likeness (QED) is 0.926. The van der Waals surface area contributed by atoms with Crippen molar-refractivity contribution in [1.82, 2.24) is 10.2 Å². The second-order valence-corrected chi connectivity index (χ2v) is 5.82. The van der Waals surface area contributed by atoms with E-state index in [1.165, 1.54) is 16.2 Å². The van der Waals surface area contributed by atoms with Crippen molar-refractivity contribution in [2.24, 2.45) is 0 Å². The van der Waals surface area contributed by atoms with Crippen molar-refractivity contribution in [3.05, 3.63) is 22.4 Å². The average Bonchev–Trinajstić information content (AvgIpc) is 2.87. The van der Waals surface area contributed by atoms with Gasteiger partial charge in [0, 0.05) is 17.2 Å². The summed E-state index contributed by atoms with van der Waals surface area (Å²) in [5.74, 6) is -0.296. The van der Waals surface area contributed by atoms with E-state index in [1.54, 1.807) is 0 Å². The molecule has 0 aromatic carbocycles. The predicted molar refractivity (Wildman–Crippen MR) is 65.3 cm³/mol. The number of alkyl halides is 3. The molecule has 1 unspecified atom stereocenters. The van der Waals surface area contributed by atoms with Crippen molar-refractivity contribution in [2.75, 3.05) is 18.8 Å². The van der Waals surface area contributed by atoms with Gasteiger partial charge in [-0.1, -0.05) is 6.07 Å². The molecule has 100 valence electrons. The zero-order chi connectivity index (χ0) is 13.2. The fraction of sp³-hybridized carbons (Fsp3) is 0.500. The fourth-order valence-corrected chi connectivity index (χ4v) is 3.08. The van der Waals surface area contributed by atoms with E-state index in [2.05, 4.69) is 5.32 Å². The van der Waals surface area contributed by atoms with Crippen LogP contribution in [0.5, 0.6) is 0 Å². The molecule has 1 aliphatic heterocycles. The lowest BCUT2D eigenvalue weighted by molar-refractivity contribution is -0.127. The Hall–Kier alpha value is -0.730. The number of amides is 1. The number of nitrogens with one attached hydrogen (secondary N) is 1. The van der Waals surface area contributed by atoms with E-state index in [0.29, 0.717) is 0 Å². The monoisotopic (exact) mass is 296 g/mol. The van der Waals surface area contributed by atoms with Crippen LogP contribution in [-0.2, 0) is 4.79 Å². The van der Waals surface area contributed by atoms with Crippen molar-refractivity contribution in [1.29, 1.82) is 0 Å². The van der Waals surface area contributed by atoms with E-state index in [4.69, 9.17) is 0 Å². The van der Waals surface area contributed by atoms with Crippen LogP contribution in [0.2, 0.25) is 0 Å². The highest BCUT2D eigenvalue weighted by Crippen LogP contribution is 2.31. The fourth-order valence-electron chi connectivity index (χ4n) is 1.75. The summed E-state index contributed by atoms with van der Waals surface area (Å²) in [6.45, 7) is 0.276. The Morgan fingerprint density at radius 2 is 2.33 bits per heavy atom. The first-order valence-electron chi connectivity index (χ1n) is 5.24. The highest BCUT2D eigenvalue weighted by Gasteiger charge is 2.33. The molecule has 1 atom stereocenters. The van der Waals surface area contributed by atoms with Gasteiger partial charge in [0.25, 0.3) is 0 Å². The van der Waals surface area contributed by atoms with Gasteiger partial charge in [0.15, 0.2) is 0 Å². The molecule has 1 aromatic heterocycles. The van der Waals surface area contributed by atoms with Crippen LogP contribution in [0, 0.1) is 0 Å². The molecule has 3 nitrogen and oxygen atoms in total. The molecular formula is C10H11F3N2OS2. The number of thiophene rings is 1. The largest absolute Gasteiger partial charge is 0.441 e. The first-order valence-corrected chi connectivity index (χ1v) is 7.11. The number of rotatable bonds is 4. The first-order chi connectivity index (χ1) is 8.47. The molecule has 1 aromatic rings. The number of nitrogens with zero attached hydrogens (tertiary/aromatic N) is 1. The third kappa shape index (κ3) is 3.39. The Kier molecular flexibility index (Phi) is 4.18. The molecule has 0 saturated carbocycles. The van der Waals surface area contributed by atoms with E-state index in [1.807, 2.05) is 17.5 Å². The van der Waals surface area contributed by atoms with Crippen LogP contribution >= 0.6 is 23.1 Å². The van der Waals surface area contributed by atoms with Crippen LogP contribution in [0.15, 0.2) is 17.5 Å². The normalized spacial score (nSPS) is 20.7. The van der Waals surface area contributed by atoms with Crippen molar-refractivity contribution < 1.29 is 18.0 Å². The van der Waals surface area contributed by atoms with Crippen LogP contribution in [0.4, 0.5) is 13.2 Å². The number of thioether (sulfide) groups is 1. The van der Waals surface area contributed by atoms with Crippen molar-refractivity contribution in [3.8, 4) is 0 Å². The van der Waals surface area contributed by atoms with Crippen LogP contribution in [0.1, 0.15) is 11.0 Å². The summed E-state index contributed by atoms with van der Waals surface area (Å²) in [5.41, 5.74) is -4.24.